The molecule has 4 nitrogen and oxygen atoms in total. The molecule has 3 rings (SSSR count). The van der Waals surface area contributed by atoms with Gasteiger partial charge in [-0.3, -0.25) is 9.69 Å². The Bertz CT molecular complexity index is 694. The number of nitrogens with one attached hydrogen (secondary N) is 1. The van der Waals surface area contributed by atoms with Crippen molar-refractivity contribution in [1.29, 1.82) is 0 Å². The number of ether oxygens (including phenoxy) is 1. The molecule has 0 aliphatic carbocycles. The standard InChI is InChI=1S/C20H26N2O2S/c1-15-7-8-17(11-16(15)2)21-20(23)14-22(12-18-5-3-9-24-18)13-19-6-4-10-25-19/h4,6-8,10-11,18H,3,5,9,12-14H2,1-2H3,(H,21,23). The zero-order valence-corrected chi connectivity index (χ0v) is 15.8. The number of rotatable bonds is 7. The van der Waals surface area contributed by atoms with E-state index >= 15 is 0 Å². The lowest BCUT2D eigenvalue weighted by molar-refractivity contribution is -0.117. The van der Waals surface area contributed by atoms with Crippen molar-refractivity contribution in [1.82, 2.24) is 4.90 Å². The van der Waals surface area contributed by atoms with Crippen LogP contribution in [0, 0.1) is 13.8 Å². The maximum Gasteiger partial charge on any atom is 0.238 e. The monoisotopic (exact) mass is 358 g/mol. The lowest BCUT2D eigenvalue weighted by Gasteiger charge is -2.24. The molecule has 1 fully saturated rings. The highest BCUT2D eigenvalue weighted by Gasteiger charge is 2.21. The summed E-state index contributed by atoms with van der Waals surface area (Å²) in [6.45, 7) is 6.95. The third kappa shape index (κ3) is 5.39. The van der Waals surface area contributed by atoms with E-state index in [4.69, 9.17) is 4.74 Å². The highest BCUT2D eigenvalue weighted by Crippen LogP contribution is 2.18. The van der Waals surface area contributed by atoms with Crippen molar-refractivity contribution >= 4 is 22.9 Å². The molecule has 1 aliphatic rings. The summed E-state index contributed by atoms with van der Waals surface area (Å²) in [5.74, 6) is 0.0257. The number of aryl methyl sites for hydroxylation is 2. The van der Waals surface area contributed by atoms with Gasteiger partial charge in [-0.2, -0.15) is 0 Å². The maximum absolute atomic E-state index is 12.5. The van der Waals surface area contributed by atoms with Crippen LogP contribution in [0.4, 0.5) is 5.69 Å². The average Bonchev–Trinajstić information content (AvgIpc) is 3.25. The molecule has 1 saturated heterocycles. The molecule has 1 aromatic heterocycles. The topological polar surface area (TPSA) is 41.6 Å². The zero-order valence-electron chi connectivity index (χ0n) is 15.0. The molecule has 0 saturated carbocycles. The summed E-state index contributed by atoms with van der Waals surface area (Å²) in [7, 11) is 0. The fraction of sp³-hybridized carbons (Fsp3) is 0.450. The molecular formula is C20H26N2O2S. The van der Waals surface area contributed by atoms with E-state index in [2.05, 4.69) is 41.6 Å². The van der Waals surface area contributed by atoms with E-state index in [0.717, 1.165) is 38.2 Å². The number of carbonyl (C=O) groups is 1. The van der Waals surface area contributed by atoms with Crippen molar-refractivity contribution in [3.63, 3.8) is 0 Å². The first-order valence-corrected chi connectivity index (χ1v) is 9.71. The minimum Gasteiger partial charge on any atom is -0.377 e. The first kappa shape index (κ1) is 18.1. The summed E-state index contributed by atoms with van der Waals surface area (Å²) >= 11 is 1.73. The lowest BCUT2D eigenvalue weighted by Crippen LogP contribution is -2.37. The minimum absolute atomic E-state index is 0.0257. The Hall–Kier alpha value is -1.69. The van der Waals surface area contributed by atoms with Gasteiger partial charge in [-0.1, -0.05) is 12.1 Å². The Kier molecular flexibility index (Phi) is 6.24. The molecule has 1 aliphatic heterocycles. The van der Waals surface area contributed by atoms with Gasteiger partial charge in [0, 0.05) is 30.3 Å². The van der Waals surface area contributed by atoms with Gasteiger partial charge in [0.25, 0.3) is 0 Å². The van der Waals surface area contributed by atoms with Gasteiger partial charge in [0.1, 0.15) is 0 Å². The molecule has 0 radical (unpaired) electrons. The summed E-state index contributed by atoms with van der Waals surface area (Å²) in [4.78, 5) is 16.0. The van der Waals surface area contributed by atoms with Gasteiger partial charge in [-0.05, 0) is 61.4 Å². The second-order valence-corrected chi connectivity index (χ2v) is 7.76. The number of amides is 1. The largest absolute Gasteiger partial charge is 0.377 e. The van der Waals surface area contributed by atoms with Gasteiger partial charge in [-0.15, -0.1) is 11.3 Å². The van der Waals surface area contributed by atoms with E-state index in [0.29, 0.717) is 6.54 Å². The summed E-state index contributed by atoms with van der Waals surface area (Å²) in [5.41, 5.74) is 3.28. The van der Waals surface area contributed by atoms with Crippen LogP contribution in [0.3, 0.4) is 0 Å². The Balaban J connectivity index is 1.61. The SMILES string of the molecule is Cc1ccc(NC(=O)CN(Cc2cccs2)CC2CCCO2)cc1C. The van der Waals surface area contributed by atoms with Gasteiger partial charge < -0.3 is 10.1 Å². The summed E-state index contributed by atoms with van der Waals surface area (Å²) in [6.07, 6.45) is 2.45. The van der Waals surface area contributed by atoms with Crippen molar-refractivity contribution in [3.05, 3.63) is 51.7 Å². The van der Waals surface area contributed by atoms with Crippen molar-refractivity contribution in [3.8, 4) is 0 Å². The second-order valence-electron chi connectivity index (χ2n) is 6.73. The van der Waals surface area contributed by atoms with Gasteiger partial charge in [0.2, 0.25) is 5.91 Å². The van der Waals surface area contributed by atoms with E-state index in [1.165, 1.54) is 16.0 Å². The quantitative estimate of drug-likeness (QED) is 0.814. The Morgan fingerprint density at radius 2 is 2.20 bits per heavy atom. The second kappa shape index (κ2) is 8.61. The fourth-order valence-electron chi connectivity index (χ4n) is 3.11. The number of anilines is 1. The van der Waals surface area contributed by atoms with Crippen LogP contribution in [0.15, 0.2) is 35.7 Å². The normalized spacial score (nSPS) is 17.2. The van der Waals surface area contributed by atoms with Gasteiger partial charge >= 0.3 is 0 Å². The first-order chi connectivity index (χ1) is 12.1. The van der Waals surface area contributed by atoms with Crippen LogP contribution in [0.25, 0.3) is 0 Å². The highest BCUT2D eigenvalue weighted by molar-refractivity contribution is 7.09. The molecule has 1 unspecified atom stereocenters. The third-order valence-corrected chi connectivity index (χ3v) is 5.46. The smallest absolute Gasteiger partial charge is 0.238 e. The number of hydrogen-bond donors (Lipinski definition) is 1. The van der Waals surface area contributed by atoms with Crippen molar-refractivity contribution < 1.29 is 9.53 Å². The number of hydrogen-bond acceptors (Lipinski definition) is 4. The average molecular weight is 359 g/mol. The van der Waals surface area contributed by atoms with Gasteiger partial charge in [0.05, 0.1) is 12.6 Å². The molecule has 25 heavy (non-hydrogen) atoms. The number of benzene rings is 1. The molecule has 134 valence electrons. The van der Waals surface area contributed by atoms with Crippen LogP contribution in [0.1, 0.15) is 28.8 Å². The van der Waals surface area contributed by atoms with Crippen LogP contribution in [0.5, 0.6) is 0 Å². The van der Waals surface area contributed by atoms with Crippen LogP contribution in [0.2, 0.25) is 0 Å². The third-order valence-electron chi connectivity index (χ3n) is 4.60. The predicted octanol–water partition coefficient (Wildman–Crippen LogP) is 3.98. The van der Waals surface area contributed by atoms with Gasteiger partial charge in [-0.25, -0.2) is 0 Å². The van der Waals surface area contributed by atoms with Crippen molar-refractivity contribution in [2.24, 2.45) is 0 Å². The predicted molar refractivity (Wildman–Crippen MR) is 103 cm³/mol. The van der Waals surface area contributed by atoms with Crippen molar-refractivity contribution in [2.75, 3.05) is 25.0 Å². The first-order valence-electron chi connectivity index (χ1n) is 8.83. The number of carbonyl (C=O) groups excluding carboxylic acids is 1. The van der Waals surface area contributed by atoms with Crippen LogP contribution >= 0.6 is 11.3 Å². The number of thiophene rings is 1. The molecule has 0 spiro atoms. The van der Waals surface area contributed by atoms with Crippen LogP contribution in [-0.4, -0.2) is 36.6 Å². The Morgan fingerprint density at radius 1 is 1.32 bits per heavy atom. The minimum atomic E-state index is 0.0257. The molecule has 5 heteroatoms. The number of nitrogens with zero attached hydrogens (tertiary/aromatic N) is 1. The van der Waals surface area contributed by atoms with E-state index in [-0.39, 0.29) is 12.0 Å². The molecule has 0 bridgehead atoms. The summed E-state index contributed by atoms with van der Waals surface area (Å²) in [6, 6.07) is 10.2. The lowest BCUT2D eigenvalue weighted by atomic mass is 10.1. The molecule has 1 aromatic carbocycles. The molecule has 1 atom stereocenters. The summed E-state index contributed by atoms with van der Waals surface area (Å²) < 4.78 is 5.76. The van der Waals surface area contributed by atoms with E-state index < -0.39 is 0 Å². The maximum atomic E-state index is 12.5. The molecule has 1 amide bonds. The van der Waals surface area contributed by atoms with Crippen molar-refractivity contribution in [2.45, 2.75) is 39.3 Å². The zero-order chi connectivity index (χ0) is 17.6. The van der Waals surface area contributed by atoms with Crippen LogP contribution < -0.4 is 5.32 Å². The highest BCUT2D eigenvalue weighted by atomic mass is 32.1. The van der Waals surface area contributed by atoms with Gasteiger partial charge in [0.15, 0.2) is 0 Å². The summed E-state index contributed by atoms with van der Waals surface area (Å²) in [5, 5.41) is 5.11. The Morgan fingerprint density at radius 3 is 2.88 bits per heavy atom. The molecular weight excluding hydrogens is 332 g/mol. The van der Waals surface area contributed by atoms with Crippen LogP contribution in [-0.2, 0) is 16.1 Å². The Labute approximate surface area is 153 Å². The molecule has 2 heterocycles. The van der Waals surface area contributed by atoms with E-state index in [1.807, 2.05) is 18.2 Å². The molecule has 2 aromatic rings. The van der Waals surface area contributed by atoms with E-state index in [1.54, 1.807) is 11.3 Å². The van der Waals surface area contributed by atoms with E-state index in [9.17, 15) is 4.79 Å². The fourth-order valence-corrected chi connectivity index (χ4v) is 3.85. The molecule has 1 N–H and O–H groups in total.